The van der Waals surface area contributed by atoms with Gasteiger partial charge in [-0.05, 0) is 52.7 Å². The minimum Gasteiger partial charge on any atom is -0.456 e. The molecule has 7 nitrogen and oxygen atoms in total. The molecule has 1 heterocycles. The van der Waals surface area contributed by atoms with Gasteiger partial charge >= 0.3 is 5.97 Å². The lowest BCUT2D eigenvalue weighted by atomic mass is 10.2. The fraction of sp³-hybridized carbons (Fsp3) is 0.238. The van der Waals surface area contributed by atoms with Crippen LogP contribution in [0.1, 0.15) is 17.8 Å². The molecule has 29 heavy (non-hydrogen) atoms. The van der Waals surface area contributed by atoms with Crippen molar-refractivity contribution in [1.29, 1.82) is 0 Å². The van der Waals surface area contributed by atoms with Crippen LogP contribution < -0.4 is 10.9 Å². The van der Waals surface area contributed by atoms with E-state index in [2.05, 4.69) is 26.2 Å². The summed E-state index contributed by atoms with van der Waals surface area (Å²) in [4.78, 5) is 40.2. The topological polar surface area (TPSA) is 90.3 Å². The van der Waals surface area contributed by atoms with Crippen molar-refractivity contribution in [2.24, 2.45) is 7.05 Å². The minimum atomic E-state index is -0.537. The molecule has 0 aliphatic heterocycles. The molecule has 3 rings (SSSR count). The van der Waals surface area contributed by atoms with E-state index in [9.17, 15) is 14.4 Å². The number of nitrogens with zero attached hydrogens (tertiary/aromatic N) is 2. The number of carbonyl (C=O) groups excluding carboxylic acids is 2. The molecule has 0 radical (unpaired) electrons. The standard InChI is InChI=1S/C21H20BrN3O4/c1-13-7-8-16(15(22)11-13)23-19(26)12-29-20(27)10-9-18-24-21(28)14-5-3-4-6-17(14)25(18)2/h3-8,11H,9-10,12H2,1-2H3,(H,23,26). The number of ether oxygens (including phenoxy) is 1. The highest BCUT2D eigenvalue weighted by Gasteiger charge is 2.13. The smallest absolute Gasteiger partial charge is 0.306 e. The molecule has 0 unspecified atom stereocenters. The molecule has 1 amide bonds. The molecule has 0 saturated heterocycles. The number of amides is 1. The zero-order valence-corrected chi connectivity index (χ0v) is 17.7. The molecule has 1 aromatic heterocycles. The molecule has 1 N–H and O–H groups in total. The third kappa shape index (κ3) is 5.08. The van der Waals surface area contributed by atoms with Crippen molar-refractivity contribution in [2.45, 2.75) is 19.8 Å². The molecule has 150 valence electrons. The number of benzene rings is 2. The number of para-hydroxylation sites is 1. The summed E-state index contributed by atoms with van der Waals surface area (Å²) in [5, 5.41) is 3.21. The first-order valence-electron chi connectivity index (χ1n) is 9.01. The van der Waals surface area contributed by atoms with Crippen LogP contribution in [0.4, 0.5) is 5.69 Å². The number of esters is 1. The second kappa shape index (κ2) is 9.00. The van der Waals surface area contributed by atoms with Crippen LogP contribution in [0.5, 0.6) is 0 Å². The van der Waals surface area contributed by atoms with E-state index >= 15 is 0 Å². The van der Waals surface area contributed by atoms with Gasteiger partial charge in [-0.2, -0.15) is 4.98 Å². The molecule has 0 atom stereocenters. The second-order valence-corrected chi connectivity index (χ2v) is 7.46. The predicted octanol–water partition coefficient (Wildman–Crippen LogP) is 3.12. The number of hydrogen-bond acceptors (Lipinski definition) is 5. The summed E-state index contributed by atoms with van der Waals surface area (Å²) in [6.45, 7) is 1.56. The molecule has 0 aliphatic rings. The fourth-order valence-corrected chi connectivity index (χ4v) is 3.49. The van der Waals surface area contributed by atoms with Crippen LogP contribution in [0.25, 0.3) is 10.9 Å². The summed E-state index contributed by atoms with van der Waals surface area (Å²) in [6, 6.07) is 12.7. The minimum absolute atomic E-state index is 0.0140. The highest BCUT2D eigenvalue weighted by Crippen LogP contribution is 2.23. The first-order chi connectivity index (χ1) is 13.8. The van der Waals surface area contributed by atoms with Crippen molar-refractivity contribution in [3.8, 4) is 0 Å². The van der Waals surface area contributed by atoms with Gasteiger partial charge in [-0.1, -0.05) is 18.2 Å². The van der Waals surface area contributed by atoms with Gasteiger partial charge in [0.25, 0.3) is 11.5 Å². The maximum Gasteiger partial charge on any atom is 0.306 e. The van der Waals surface area contributed by atoms with Crippen molar-refractivity contribution < 1.29 is 14.3 Å². The maximum absolute atomic E-state index is 12.1. The van der Waals surface area contributed by atoms with Gasteiger partial charge in [0.05, 0.1) is 23.0 Å². The van der Waals surface area contributed by atoms with Gasteiger partial charge in [0.2, 0.25) is 0 Å². The molecule has 0 saturated carbocycles. The molecular formula is C21H20BrN3O4. The van der Waals surface area contributed by atoms with Gasteiger partial charge in [0, 0.05) is 17.9 Å². The van der Waals surface area contributed by atoms with Crippen LogP contribution in [-0.4, -0.2) is 28.0 Å². The monoisotopic (exact) mass is 457 g/mol. The summed E-state index contributed by atoms with van der Waals surface area (Å²) >= 11 is 3.38. The summed E-state index contributed by atoms with van der Waals surface area (Å²) in [5.74, 6) is -0.483. The van der Waals surface area contributed by atoms with Gasteiger partial charge in [0.15, 0.2) is 6.61 Å². The largest absolute Gasteiger partial charge is 0.456 e. The first-order valence-corrected chi connectivity index (χ1v) is 9.80. The van der Waals surface area contributed by atoms with Crippen molar-refractivity contribution >= 4 is 44.4 Å². The van der Waals surface area contributed by atoms with Crippen molar-refractivity contribution in [3.63, 3.8) is 0 Å². The lowest BCUT2D eigenvalue weighted by Gasteiger charge is -2.11. The molecule has 2 aromatic carbocycles. The molecule has 3 aromatic rings. The highest BCUT2D eigenvalue weighted by atomic mass is 79.9. The number of rotatable bonds is 6. The van der Waals surface area contributed by atoms with Gasteiger partial charge in [-0.3, -0.25) is 14.4 Å². The zero-order chi connectivity index (χ0) is 21.0. The van der Waals surface area contributed by atoms with E-state index in [4.69, 9.17) is 4.74 Å². The van der Waals surface area contributed by atoms with Crippen LogP contribution in [-0.2, 0) is 27.8 Å². The van der Waals surface area contributed by atoms with Crippen LogP contribution in [0.2, 0.25) is 0 Å². The van der Waals surface area contributed by atoms with Crippen molar-refractivity contribution in [1.82, 2.24) is 9.55 Å². The molecule has 0 fully saturated rings. The summed E-state index contributed by atoms with van der Waals surface area (Å²) < 4.78 is 7.57. The van der Waals surface area contributed by atoms with E-state index in [1.54, 1.807) is 29.8 Å². The van der Waals surface area contributed by atoms with Gasteiger partial charge in [-0.15, -0.1) is 0 Å². The van der Waals surface area contributed by atoms with E-state index < -0.39 is 11.9 Å². The number of fused-ring (bicyclic) bond motifs is 1. The summed E-state index contributed by atoms with van der Waals surface area (Å²) in [6.07, 6.45) is 0.251. The Bertz CT molecular complexity index is 1140. The Hall–Kier alpha value is -3.00. The van der Waals surface area contributed by atoms with Crippen LogP contribution >= 0.6 is 15.9 Å². The van der Waals surface area contributed by atoms with Gasteiger partial charge < -0.3 is 14.6 Å². The number of hydrogen-bond donors (Lipinski definition) is 1. The van der Waals surface area contributed by atoms with Crippen LogP contribution in [0.3, 0.4) is 0 Å². The average Bonchev–Trinajstić information content (AvgIpc) is 2.70. The Kier molecular flexibility index (Phi) is 6.43. The quantitative estimate of drug-likeness (QED) is 0.574. The third-order valence-corrected chi connectivity index (χ3v) is 5.09. The van der Waals surface area contributed by atoms with Crippen molar-refractivity contribution in [3.05, 3.63) is 68.7 Å². The Labute approximate surface area is 175 Å². The molecule has 8 heteroatoms. The van der Waals surface area contributed by atoms with E-state index in [-0.39, 0.29) is 25.0 Å². The Morgan fingerprint density at radius 3 is 2.72 bits per heavy atom. The summed E-state index contributed by atoms with van der Waals surface area (Å²) in [5.41, 5.74) is 2.08. The average molecular weight is 458 g/mol. The summed E-state index contributed by atoms with van der Waals surface area (Å²) in [7, 11) is 1.79. The first kappa shape index (κ1) is 20.7. The Morgan fingerprint density at radius 2 is 1.97 bits per heavy atom. The van der Waals surface area contributed by atoms with Gasteiger partial charge in [0.1, 0.15) is 5.82 Å². The number of aryl methyl sites for hydroxylation is 3. The van der Waals surface area contributed by atoms with E-state index in [1.807, 2.05) is 31.2 Å². The third-order valence-electron chi connectivity index (χ3n) is 4.43. The fourth-order valence-electron chi connectivity index (χ4n) is 2.90. The van der Waals surface area contributed by atoms with E-state index in [1.165, 1.54) is 0 Å². The van der Waals surface area contributed by atoms with E-state index in [0.29, 0.717) is 16.9 Å². The SMILES string of the molecule is Cc1ccc(NC(=O)COC(=O)CCc2nc(=O)c3ccccc3n2C)c(Br)c1. The highest BCUT2D eigenvalue weighted by molar-refractivity contribution is 9.10. The normalized spacial score (nSPS) is 10.7. The van der Waals surface area contributed by atoms with Crippen LogP contribution in [0, 0.1) is 6.92 Å². The number of carbonyl (C=O) groups is 2. The lowest BCUT2D eigenvalue weighted by molar-refractivity contribution is -0.147. The van der Waals surface area contributed by atoms with Crippen molar-refractivity contribution in [2.75, 3.05) is 11.9 Å². The number of halogens is 1. The number of aromatic nitrogens is 2. The molecular weight excluding hydrogens is 438 g/mol. The lowest BCUT2D eigenvalue weighted by Crippen LogP contribution is -2.22. The second-order valence-electron chi connectivity index (χ2n) is 6.60. The molecule has 0 bridgehead atoms. The molecule has 0 spiro atoms. The number of anilines is 1. The predicted molar refractivity (Wildman–Crippen MR) is 114 cm³/mol. The number of nitrogens with one attached hydrogen (secondary N) is 1. The maximum atomic E-state index is 12.1. The van der Waals surface area contributed by atoms with Gasteiger partial charge in [-0.25, -0.2) is 0 Å². The Morgan fingerprint density at radius 1 is 1.21 bits per heavy atom. The van der Waals surface area contributed by atoms with E-state index in [0.717, 1.165) is 15.6 Å². The molecule has 0 aliphatic carbocycles. The zero-order valence-electron chi connectivity index (χ0n) is 16.1. The Balaban J connectivity index is 1.55. The van der Waals surface area contributed by atoms with Crippen LogP contribution in [0.15, 0.2) is 51.7 Å².